The van der Waals surface area contributed by atoms with Crippen LogP contribution in [0.2, 0.25) is 0 Å². The van der Waals surface area contributed by atoms with Crippen molar-refractivity contribution in [3.8, 4) is 5.75 Å². The topological polar surface area (TPSA) is 136 Å². The van der Waals surface area contributed by atoms with Crippen molar-refractivity contribution < 1.29 is 47.7 Å². The fourth-order valence-electron chi connectivity index (χ4n) is 5.96. The van der Waals surface area contributed by atoms with E-state index in [9.17, 15) is 24.0 Å². The molecule has 2 aliphatic carbocycles. The van der Waals surface area contributed by atoms with Crippen molar-refractivity contribution in [2.75, 3.05) is 19.8 Å². The van der Waals surface area contributed by atoms with Crippen LogP contribution in [-0.2, 0) is 42.9 Å². The van der Waals surface area contributed by atoms with E-state index >= 15 is 0 Å². The van der Waals surface area contributed by atoms with Gasteiger partial charge in [-0.3, -0.25) is 19.2 Å². The van der Waals surface area contributed by atoms with Crippen molar-refractivity contribution in [3.05, 3.63) is 51.7 Å². The normalized spacial score (nSPS) is 22.3. The number of carbonyl (C=O) groups is 5. The molecule has 0 radical (unpaired) electrons. The van der Waals surface area contributed by atoms with Crippen LogP contribution in [0.25, 0.3) is 4.85 Å². The van der Waals surface area contributed by atoms with Gasteiger partial charge in [0.25, 0.3) is 5.70 Å². The lowest BCUT2D eigenvalue weighted by molar-refractivity contribution is -0.160. The molecule has 270 valence electrons. The number of hydrogen-bond acceptors (Lipinski definition) is 12. The van der Waals surface area contributed by atoms with Gasteiger partial charge in [0, 0.05) is 11.0 Å². The van der Waals surface area contributed by atoms with E-state index in [-0.39, 0.29) is 67.3 Å². The highest BCUT2D eigenvalue weighted by Gasteiger charge is 2.36. The van der Waals surface area contributed by atoms with Crippen LogP contribution >= 0.6 is 23.5 Å². The number of aryl methyl sites for hydroxylation is 1. The number of carbonyl (C=O) groups excluding carboxylic acids is 5. The van der Waals surface area contributed by atoms with E-state index in [1.807, 2.05) is 19.9 Å². The Hall–Kier alpha value is -3.76. The van der Waals surface area contributed by atoms with E-state index in [2.05, 4.69) is 11.4 Å². The summed E-state index contributed by atoms with van der Waals surface area (Å²) in [7, 11) is 0. The van der Waals surface area contributed by atoms with E-state index in [0.29, 0.717) is 79.1 Å². The van der Waals surface area contributed by atoms with Gasteiger partial charge in [-0.15, -0.1) is 0 Å². The first kappa shape index (κ1) is 39.0. The fraction of sp³-hybridized carbons (Fsp3) is 0.568. The maximum absolute atomic E-state index is 13.2. The molecule has 1 aromatic rings. The Morgan fingerprint density at radius 2 is 1.38 bits per heavy atom. The lowest BCUT2D eigenvalue weighted by Gasteiger charge is -2.30. The Balaban J connectivity index is 1.19. The molecule has 2 fully saturated rings. The Morgan fingerprint density at radius 3 is 2.02 bits per heavy atom. The van der Waals surface area contributed by atoms with Gasteiger partial charge in [0.2, 0.25) is 0 Å². The van der Waals surface area contributed by atoms with Gasteiger partial charge in [-0.2, -0.15) is 0 Å². The van der Waals surface area contributed by atoms with Crippen LogP contribution in [0.15, 0.2) is 44.5 Å². The SMILES string of the molecule is [C-]#[N+]/C(C(=O)OCCCC)=C1/Sc2c(C)ccc(OC(=O)C3CCC(OC(=O)C4CCC(C(=O)OCCCCOC(=O)C=C)CC4)CC3)c2S1. The van der Waals surface area contributed by atoms with Gasteiger partial charge < -0.3 is 23.7 Å². The maximum atomic E-state index is 13.2. The second kappa shape index (κ2) is 19.6. The minimum Gasteiger partial charge on any atom is -0.471 e. The standard InChI is InChI=1S/C37H45NO10S2/c1-5-7-20-46-36(43)30(38-4)37-49-31-23(3)10-19-28(32(31)50-37)48-35(42)26-15-17-27(18-16-26)47-34(41)25-13-11-24(12-14-25)33(40)45-22-9-8-21-44-29(39)6-2/h6,10,19,24-27H,2,5,7-9,11-18,20-22H2,1,3H3/b37-30-. The molecule has 0 amide bonds. The number of unbranched alkanes of at least 4 members (excludes halogenated alkanes) is 2. The molecular weight excluding hydrogens is 683 g/mol. The zero-order valence-corrected chi connectivity index (χ0v) is 30.3. The second-order valence-corrected chi connectivity index (χ2v) is 14.9. The summed E-state index contributed by atoms with van der Waals surface area (Å²) in [5.74, 6) is -2.43. The lowest BCUT2D eigenvalue weighted by atomic mass is 9.82. The number of ether oxygens (including phenoxy) is 5. The van der Waals surface area contributed by atoms with Gasteiger partial charge in [-0.1, -0.05) is 49.5 Å². The van der Waals surface area contributed by atoms with Crippen molar-refractivity contribution in [3.63, 3.8) is 0 Å². The lowest BCUT2D eigenvalue weighted by Crippen LogP contribution is -2.33. The molecule has 0 bridgehead atoms. The number of nitrogens with zero attached hydrogens (tertiary/aromatic N) is 1. The number of hydrogen-bond donors (Lipinski definition) is 0. The van der Waals surface area contributed by atoms with Crippen LogP contribution in [0, 0.1) is 31.2 Å². The first-order valence-corrected chi connectivity index (χ1v) is 18.9. The summed E-state index contributed by atoms with van der Waals surface area (Å²) >= 11 is 2.56. The van der Waals surface area contributed by atoms with Crippen LogP contribution in [0.1, 0.15) is 89.5 Å². The molecule has 0 saturated heterocycles. The maximum Gasteiger partial charge on any atom is 0.338 e. The Bertz CT molecular complexity index is 1500. The molecule has 2 saturated carbocycles. The highest BCUT2D eigenvalue weighted by atomic mass is 32.2. The number of rotatable bonds is 15. The summed E-state index contributed by atoms with van der Waals surface area (Å²) in [5.41, 5.74) is 0.880. The third-order valence-corrected chi connectivity index (χ3v) is 11.7. The van der Waals surface area contributed by atoms with Crippen molar-refractivity contribution in [1.82, 2.24) is 0 Å². The van der Waals surface area contributed by atoms with Crippen LogP contribution in [0.5, 0.6) is 5.75 Å². The average Bonchev–Trinajstić information content (AvgIpc) is 3.57. The van der Waals surface area contributed by atoms with Gasteiger partial charge in [0.1, 0.15) is 11.9 Å². The Labute approximate surface area is 302 Å². The zero-order valence-electron chi connectivity index (χ0n) is 28.7. The third-order valence-electron chi connectivity index (χ3n) is 8.98. The quantitative estimate of drug-likeness (QED) is 0.0442. The number of fused-ring (bicyclic) bond motifs is 1. The molecule has 11 nitrogen and oxygen atoms in total. The molecule has 1 aliphatic heterocycles. The van der Waals surface area contributed by atoms with E-state index in [0.717, 1.165) is 29.4 Å². The van der Waals surface area contributed by atoms with Gasteiger partial charge >= 0.3 is 29.8 Å². The minimum absolute atomic E-state index is 0.0682. The van der Waals surface area contributed by atoms with Crippen LogP contribution in [-0.4, -0.2) is 55.8 Å². The first-order chi connectivity index (χ1) is 24.1. The molecule has 1 aromatic carbocycles. The summed E-state index contributed by atoms with van der Waals surface area (Å²) in [6, 6.07) is 3.60. The first-order valence-electron chi connectivity index (χ1n) is 17.3. The summed E-state index contributed by atoms with van der Waals surface area (Å²) in [4.78, 5) is 67.3. The number of benzene rings is 1. The van der Waals surface area contributed by atoms with E-state index in [1.54, 1.807) is 6.07 Å². The molecular formula is C37H45NO10S2. The van der Waals surface area contributed by atoms with Gasteiger partial charge in [0.15, 0.2) is 0 Å². The molecule has 0 atom stereocenters. The van der Waals surface area contributed by atoms with Gasteiger partial charge in [0.05, 0.1) is 53.3 Å². The van der Waals surface area contributed by atoms with Crippen LogP contribution < -0.4 is 4.74 Å². The van der Waals surface area contributed by atoms with E-state index in [1.165, 1.54) is 23.5 Å². The average molecular weight is 728 g/mol. The van der Waals surface area contributed by atoms with Crippen molar-refractivity contribution in [2.45, 2.75) is 107 Å². The van der Waals surface area contributed by atoms with Crippen molar-refractivity contribution in [2.24, 2.45) is 17.8 Å². The third kappa shape index (κ3) is 10.9. The highest BCUT2D eigenvalue weighted by Crippen LogP contribution is 2.57. The number of thioether (sulfide) groups is 2. The highest BCUT2D eigenvalue weighted by molar-refractivity contribution is 8.24. The molecule has 1 heterocycles. The Morgan fingerprint density at radius 1 is 0.800 bits per heavy atom. The summed E-state index contributed by atoms with van der Waals surface area (Å²) in [6.07, 6.45) is 8.01. The van der Waals surface area contributed by atoms with Gasteiger partial charge in [-0.25, -0.2) is 9.64 Å². The smallest absolute Gasteiger partial charge is 0.338 e. The predicted molar refractivity (Wildman–Crippen MR) is 187 cm³/mol. The summed E-state index contributed by atoms with van der Waals surface area (Å²) < 4.78 is 27.8. The largest absolute Gasteiger partial charge is 0.471 e. The fourth-order valence-corrected chi connectivity index (χ4v) is 8.59. The molecule has 0 spiro atoms. The zero-order chi connectivity index (χ0) is 36.0. The molecule has 0 unspecified atom stereocenters. The van der Waals surface area contributed by atoms with E-state index < -0.39 is 11.9 Å². The molecule has 13 heteroatoms. The van der Waals surface area contributed by atoms with Crippen LogP contribution in [0.3, 0.4) is 0 Å². The molecule has 4 rings (SSSR count). The molecule has 50 heavy (non-hydrogen) atoms. The monoisotopic (exact) mass is 727 g/mol. The second-order valence-electron chi connectivity index (χ2n) is 12.6. The minimum atomic E-state index is -0.646. The van der Waals surface area contributed by atoms with E-state index in [4.69, 9.17) is 30.3 Å². The number of esters is 5. The van der Waals surface area contributed by atoms with Crippen molar-refractivity contribution in [1.29, 1.82) is 0 Å². The summed E-state index contributed by atoms with van der Waals surface area (Å²) in [6.45, 7) is 15.6. The van der Waals surface area contributed by atoms with Crippen LogP contribution in [0.4, 0.5) is 0 Å². The molecule has 0 N–H and O–H groups in total. The predicted octanol–water partition coefficient (Wildman–Crippen LogP) is 7.49. The molecule has 0 aromatic heterocycles. The molecule has 3 aliphatic rings. The Kier molecular flexibility index (Phi) is 15.3. The summed E-state index contributed by atoms with van der Waals surface area (Å²) in [5, 5.41) is 0. The van der Waals surface area contributed by atoms with Crippen molar-refractivity contribution >= 4 is 53.4 Å². The van der Waals surface area contributed by atoms with Gasteiger partial charge in [-0.05, 0) is 89.2 Å².